The monoisotopic (exact) mass is 270 g/mol. The molecule has 2 nitrogen and oxygen atoms in total. The minimum absolute atomic E-state index is 1.02. The lowest BCUT2D eigenvalue weighted by Crippen LogP contribution is -2.18. The van der Waals surface area contributed by atoms with Gasteiger partial charge in [-0.3, -0.25) is 4.90 Å². The van der Waals surface area contributed by atoms with E-state index in [1.807, 2.05) is 6.07 Å². The fourth-order valence-corrected chi connectivity index (χ4v) is 3.55. The third-order valence-corrected chi connectivity index (χ3v) is 4.71. The van der Waals surface area contributed by atoms with Crippen molar-refractivity contribution < 1.29 is 0 Å². The van der Waals surface area contributed by atoms with Crippen LogP contribution >= 0.6 is 11.3 Å². The number of rotatable bonds is 4. The number of likely N-dealkylation sites (tertiary alicyclic amines) is 1. The van der Waals surface area contributed by atoms with Gasteiger partial charge in [-0.25, -0.2) is 0 Å². The summed E-state index contributed by atoms with van der Waals surface area (Å²) in [5.41, 5.74) is 2.73. The van der Waals surface area contributed by atoms with Crippen molar-refractivity contribution in [3.8, 4) is 10.4 Å². The van der Waals surface area contributed by atoms with Crippen LogP contribution in [0.4, 0.5) is 0 Å². The molecule has 2 aromatic rings. The van der Waals surface area contributed by atoms with E-state index in [1.165, 1.54) is 48.1 Å². The molecule has 1 fully saturated rings. The quantitative estimate of drug-likeness (QED) is 0.835. The Labute approximate surface area is 118 Å². The molecule has 3 heteroatoms. The number of hydrogen-bond donors (Lipinski definition) is 1. The Morgan fingerprint density at radius 3 is 2.63 bits per heavy atom. The predicted octanol–water partition coefficient (Wildman–Crippen LogP) is 4.01. The summed E-state index contributed by atoms with van der Waals surface area (Å²) in [6, 6.07) is 12.8. The standard InChI is InChI=1S/C16H18N2S/c17-11-14-7-8-16(19-14)15-6-2-1-5-13(15)12-18-9-3-4-10-18/h1-2,5-8,11,17H,3-4,9-10,12H2. The predicted molar refractivity (Wildman–Crippen MR) is 82.2 cm³/mol. The summed E-state index contributed by atoms with van der Waals surface area (Å²) in [4.78, 5) is 4.82. The van der Waals surface area contributed by atoms with E-state index in [0.29, 0.717) is 0 Å². The molecule has 0 unspecified atom stereocenters. The highest BCUT2D eigenvalue weighted by molar-refractivity contribution is 7.17. The first-order valence-corrected chi connectivity index (χ1v) is 7.59. The second-order valence-electron chi connectivity index (χ2n) is 4.99. The van der Waals surface area contributed by atoms with Gasteiger partial charge < -0.3 is 5.41 Å². The third-order valence-electron chi connectivity index (χ3n) is 3.64. The summed E-state index contributed by atoms with van der Waals surface area (Å²) in [6.45, 7) is 3.50. The fourth-order valence-electron chi connectivity index (χ4n) is 2.66. The van der Waals surface area contributed by atoms with Gasteiger partial charge >= 0.3 is 0 Å². The molecule has 2 heterocycles. The topological polar surface area (TPSA) is 27.1 Å². The van der Waals surface area contributed by atoms with Crippen LogP contribution < -0.4 is 0 Å². The van der Waals surface area contributed by atoms with Gasteiger partial charge in [-0.1, -0.05) is 24.3 Å². The van der Waals surface area contributed by atoms with Gasteiger partial charge in [0.15, 0.2) is 0 Å². The van der Waals surface area contributed by atoms with Crippen molar-refractivity contribution in [1.82, 2.24) is 4.90 Å². The van der Waals surface area contributed by atoms with Gasteiger partial charge in [0, 0.05) is 22.5 Å². The van der Waals surface area contributed by atoms with Gasteiger partial charge in [0.05, 0.1) is 0 Å². The summed E-state index contributed by atoms with van der Waals surface area (Å²) < 4.78 is 0. The lowest BCUT2D eigenvalue weighted by molar-refractivity contribution is 0.332. The van der Waals surface area contributed by atoms with E-state index >= 15 is 0 Å². The van der Waals surface area contributed by atoms with Gasteiger partial charge in [-0.2, -0.15) is 0 Å². The smallest absolute Gasteiger partial charge is 0.0452 e. The van der Waals surface area contributed by atoms with Gasteiger partial charge in [0.25, 0.3) is 0 Å². The molecule has 0 bridgehead atoms. The third kappa shape index (κ3) is 2.77. The second-order valence-corrected chi connectivity index (χ2v) is 6.10. The van der Waals surface area contributed by atoms with E-state index in [1.54, 1.807) is 11.3 Å². The van der Waals surface area contributed by atoms with Gasteiger partial charge in [-0.05, 0) is 49.2 Å². The largest absolute Gasteiger partial charge is 0.307 e. The van der Waals surface area contributed by atoms with Crippen LogP contribution in [-0.4, -0.2) is 24.2 Å². The van der Waals surface area contributed by atoms with Gasteiger partial charge in [0.1, 0.15) is 0 Å². The van der Waals surface area contributed by atoms with Crippen LogP contribution in [-0.2, 0) is 6.54 Å². The minimum Gasteiger partial charge on any atom is -0.307 e. The van der Waals surface area contributed by atoms with E-state index in [4.69, 9.17) is 5.41 Å². The number of thiophene rings is 1. The first kappa shape index (κ1) is 12.6. The number of nitrogens with zero attached hydrogens (tertiary/aromatic N) is 1. The molecular weight excluding hydrogens is 252 g/mol. The highest BCUT2D eigenvalue weighted by Crippen LogP contribution is 2.31. The normalized spacial score (nSPS) is 15.8. The maximum absolute atomic E-state index is 7.33. The molecule has 1 aliphatic rings. The average molecular weight is 270 g/mol. The summed E-state index contributed by atoms with van der Waals surface area (Å²) >= 11 is 1.70. The summed E-state index contributed by atoms with van der Waals surface area (Å²) in [7, 11) is 0. The molecule has 1 aromatic carbocycles. The van der Waals surface area contributed by atoms with Gasteiger partial charge in [-0.15, -0.1) is 11.3 Å². The van der Waals surface area contributed by atoms with Crippen LogP contribution in [0.25, 0.3) is 10.4 Å². The Bertz CT molecular complexity index is 568. The number of nitrogens with one attached hydrogen (secondary N) is 1. The zero-order chi connectivity index (χ0) is 13.1. The van der Waals surface area contributed by atoms with Crippen molar-refractivity contribution in [1.29, 1.82) is 5.41 Å². The molecule has 1 aromatic heterocycles. The summed E-state index contributed by atoms with van der Waals surface area (Å²) in [5, 5.41) is 7.33. The molecule has 0 saturated carbocycles. The maximum atomic E-state index is 7.33. The first-order chi connectivity index (χ1) is 9.36. The highest BCUT2D eigenvalue weighted by Gasteiger charge is 2.14. The van der Waals surface area contributed by atoms with Crippen LogP contribution in [0.5, 0.6) is 0 Å². The van der Waals surface area contributed by atoms with Crippen molar-refractivity contribution in [2.24, 2.45) is 0 Å². The lowest BCUT2D eigenvalue weighted by Gasteiger charge is -2.16. The SMILES string of the molecule is N=Cc1ccc(-c2ccccc2CN2CCCC2)s1. The molecule has 0 amide bonds. The van der Waals surface area contributed by atoms with Crippen molar-refractivity contribution in [3.05, 3.63) is 46.8 Å². The highest BCUT2D eigenvalue weighted by atomic mass is 32.1. The summed E-state index contributed by atoms with van der Waals surface area (Å²) in [6.07, 6.45) is 4.09. The average Bonchev–Trinajstić information content (AvgIpc) is 3.10. The van der Waals surface area contributed by atoms with Crippen molar-refractivity contribution in [2.45, 2.75) is 19.4 Å². The molecule has 19 heavy (non-hydrogen) atoms. The number of hydrogen-bond acceptors (Lipinski definition) is 3. The molecule has 0 spiro atoms. The van der Waals surface area contributed by atoms with Crippen LogP contribution in [0, 0.1) is 5.41 Å². The molecule has 1 saturated heterocycles. The van der Waals surface area contributed by atoms with Crippen LogP contribution in [0.2, 0.25) is 0 Å². The summed E-state index contributed by atoms with van der Waals surface area (Å²) in [5.74, 6) is 0. The Balaban J connectivity index is 1.89. The zero-order valence-electron chi connectivity index (χ0n) is 10.9. The van der Waals surface area contributed by atoms with E-state index in [0.717, 1.165) is 11.4 Å². The Morgan fingerprint density at radius 2 is 1.89 bits per heavy atom. The zero-order valence-corrected chi connectivity index (χ0v) is 11.7. The molecule has 0 radical (unpaired) electrons. The first-order valence-electron chi connectivity index (χ1n) is 6.78. The van der Waals surface area contributed by atoms with E-state index < -0.39 is 0 Å². The second kappa shape index (κ2) is 5.68. The Kier molecular flexibility index (Phi) is 3.76. The van der Waals surface area contributed by atoms with Crippen LogP contribution in [0.15, 0.2) is 36.4 Å². The van der Waals surface area contributed by atoms with Gasteiger partial charge in [0.2, 0.25) is 0 Å². The molecule has 3 rings (SSSR count). The van der Waals surface area contributed by atoms with Crippen LogP contribution in [0.1, 0.15) is 23.3 Å². The molecule has 0 atom stereocenters. The molecule has 1 N–H and O–H groups in total. The van der Waals surface area contributed by atoms with E-state index in [9.17, 15) is 0 Å². The molecule has 0 aliphatic carbocycles. The van der Waals surface area contributed by atoms with Crippen molar-refractivity contribution >= 4 is 17.6 Å². The molecular formula is C16H18N2S. The fraction of sp³-hybridized carbons (Fsp3) is 0.312. The molecule has 1 aliphatic heterocycles. The van der Waals surface area contributed by atoms with E-state index in [-0.39, 0.29) is 0 Å². The maximum Gasteiger partial charge on any atom is 0.0452 e. The Hall–Kier alpha value is -1.45. The van der Waals surface area contributed by atoms with Crippen LogP contribution in [0.3, 0.4) is 0 Å². The minimum atomic E-state index is 1.02. The Morgan fingerprint density at radius 1 is 1.11 bits per heavy atom. The number of benzene rings is 1. The van der Waals surface area contributed by atoms with Crippen molar-refractivity contribution in [3.63, 3.8) is 0 Å². The van der Waals surface area contributed by atoms with E-state index in [2.05, 4.69) is 35.2 Å². The molecule has 98 valence electrons. The lowest BCUT2D eigenvalue weighted by atomic mass is 10.1. The van der Waals surface area contributed by atoms with Crippen molar-refractivity contribution in [2.75, 3.05) is 13.1 Å².